The lowest BCUT2D eigenvalue weighted by Crippen LogP contribution is -2.64. The van der Waals surface area contributed by atoms with Crippen molar-refractivity contribution in [1.82, 2.24) is 55.6 Å². The lowest BCUT2D eigenvalue weighted by molar-refractivity contribution is -0.157. The third-order valence-electron chi connectivity index (χ3n) is 17.1. The van der Waals surface area contributed by atoms with Gasteiger partial charge in [-0.05, 0) is 108 Å². The van der Waals surface area contributed by atoms with Crippen LogP contribution in [0.3, 0.4) is 0 Å². The van der Waals surface area contributed by atoms with E-state index in [1.165, 1.54) is 102 Å². The molecule has 1 rings (SSSR count). The van der Waals surface area contributed by atoms with Crippen LogP contribution in [0.15, 0.2) is 12.2 Å². The summed E-state index contributed by atoms with van der Waals surface area (Å²) < 4.78 is 5.37. The summed E-state index contributed by atoms with van der Waals surface area (Å²) in [5.41, 5.74) is 0. The maximum atomic E-state index is 15.2. The van der Waals surface area contributed by atoms with Crippen LogP contribution in [0, 0.1) is 41.4 Å². The number of methoxy groups -OCH3 is 1. The molecule has 0 aromatic heterocycles. The van der Waals surface area contributed by atoms with Gasteiger partial charge in [0.2, 0.25) is 65.0 Å². The first kappa shape index (κ1) is 79.8. The van der Waals surface area contributed by atoms with Gasteiger partial charge < -0.3 is 65.4 Å². The fraction of sp³-hybridized carbons (Fsp3) is 0.797. The van der Waals surface area contributed by atoms with Crippen molar-refractivity contribution < 1.29 is 62.6 Å². The smallest absolute Gasteiger partial charge is 0.246 e. The van der Waals surface area contributed by atoms with Gasteiger partial charge >= 0.3 is 0 Å². The van der Waals surface area contributed by atoms with Gasteiger partial charge in [0.1, 0.15) is 66.5 Å². The number of hydrogen-bond donors (Lipinski definition) is 5. The van der Waals surface area contributed by atoms with Gasteiger partial charge in [-0.3, -0.25) is 52.7 Å². The molecule has 1 aliphatic heterocycles. The van der Waals surface area contributed by atoms with Crippen molar-refractivity contribution in [2.45, 2.75) is 229 Å². The van der Waals surface area contributed by atoms with Crippen LogP contribution in [-0.4, -0.2) is 240 Å². The predicted octanol–water partition coefficient (Wildman–Crippen LogP) is 3.28. The SMILES string of the molecule is C/C=C/C[C@@H](C)[C@@H](O)[C@H]1C(=O)N[C@@H](CC)C(=O)N(C)[C@H](C)C(=O)N(C)[C@@H]([C@H](C)CCOC)C(=O)N[C@@H](C(C)C)C(=O)N(C)[C@@H](CC(C)C)C(=O)N[C@@H](C)C(=O)N[C@H](C)C(=O)N(C)[C@@H](CC(C)C)C(=O)N(C)[C@@H](CC(C)C)C(=O)N(C)[C@@H](C(C)C)C(=O)N1C. The maximum absolute atomic E-state index is 15.2. The third-order valence-corrected chi connectivity index (χ3v) is 17.1. The lowest BCUT2D eigenvalue weighted by atomic mass is 9.91. The molecule has 0 aliphatic carbocycles. The molecule has 1 saturated heterocycles. The number of hydrogen-bond acceptors (Lipinski definition) is 13. The molecular formula is C64H115N11O13. The summed E-state index contributed by atoms with van der Waals surface area (Å²) in [6.45, 7) is 29.5. The zero-order valence-corrected chi connectivity index (χ0v) is 58.1. The van der Waals surface area contributed by atoms with Crippen molar-refractivity contribution in [1.29, 1.82) is 0 Å². The molecule has 0 bridgehead atoms. The third kappa shape index (κ3) is 21.5. The van der Waals surface area contributed by atoms with E-state index in [4.69, 9.17) is 4.74 Å². The first-order chi connectivity index (χ1) is 40.7. The Morgan fingerprint density at radius 2 is 0.920 bits per heavy atom. The van der Waals surface area contributed by atoms with Crippen molar-refractivity contribution in [2.24, 2.45) is 41.4 Å². The first-order valence-electron chi connectivity index (χ1n) is 31.6. The predicted molar refractivity (Wildman–Crippen MR) is 339 cm³/mol. The van der Waals surface area contributed by atoms with Gasteiger partial charge in [-0.1, -0.05) is 102 Å². The van der Waals surface area contributed by atoms with E-state index in [1.54, 1.807) is 67.5 Å². The highest BCUT2D eigenvalue weighted by molar-refractivity contribution is 6.00. The second-order valence-corrected chi connectivity index (χ2v) is 26.5. The fourth-order valence-electron chi connectivity index (χ4n) is 11.3. The average Bonchev–Trinajstić information content (AvgIpc) is 3.25. The normalized spacial score (nSPS) is 27.6. The van der Waals surface area contributed by atoms with E-state index in [9.17, 15) is 48.3 Å². The highest BCUT2D eigenvalue weighted by Crippen LogP contribution is 2.26. The van der Waals surface area contributed by atoms with Crippen LogP contribution < -0.4 is 21.3 Å². The molecule has 11 amide bonds. The summed E-state index contributed by atoms with van der Waals surface area (Å²) in [6, 6.07) is -13.8. The molecule has 1 heterocycles. The van der Waals surface area contributed by atoms with Gasteiger partial charge in [-0.25, -0.2) is 0 Å². The number of carbonyl (C=O) groups excluding carboxylic acids is 11. The summed E-state index contributed by atoms with van der Waals surface area (Å²) in [6.07, 6.45) is 3.11. The van der Waals surface area contributed by atoms with E-state index in [-0.39, 0.29) is 50.0 Å². The first-order valence-corrected chi connectivity index (χ1v) is 31.6. The summed E-state index contributed by atoms with van der Waals surface area (Å²) in [5, 5.41) is 23.2. The summed E-state index contributed by atoms with van der Waals surface area (Å²) in [4.78, 5) is 170. The van der Waals surface area contributed by atoms with E-state index in [1.807, 2.05) is 41.5 Å². The molecule has 0 aromatic carbocycles. The molecule has 0 aromatic rings. The van der Waals surface area contributed by atoms with Crippen molar-refractivity contribution in [3.63, 3.8) is 0 Å². The number of ether oxygens (including phenoxy) is 1. The molecule has 0 saturated carbocycles. The molecule has 1 aliphatic rings. The second-order valence-electron chi connectivity index (χ2n) is 26.5. The van der Waals surface area contributed by atoms with Crippen LogP contribution in [0.1, 0.15) is 156 Å². The van der Waals surface area contributed by atoms with E-state index < -0.39 is 161 Å². The van der Waals surface area contributed by atoms with Crippen LogP contribution in [0.25, 0.3) is 0 Å². The number of nitrogens with zero attached hydrogens (tertiary/aromatic N) is 7. The number of allylic oxidation sites excluding steroid dienone is 2. The number of amides is 11. The lowest BCUT2D eigenvalue weighted by Gasteiger charge is -2.41. The minimum Gasteiger partial charge on any atom is -0.390 e. The van der Waals surface area contributed by atoms with Crippen LogP contribution in [0.5, 0.6) is 0 Å². The summed E-state index contributed by atoms with van der Waals surface area (Å²) in [7, 11) is 11.4. The zero-order valence-electron chi connectivity index (χ0n) is 58.1. The van der Waals surface area contributed by atoms with Gasteiger partial charge in [0.05, 0.1) is 6.10 Å². The second kappa shape index (κ2) is 36.5. The minimum absolute atomic E-state index is 0.00246. The number of aliphatic hydroxyl groups excluding tert-OH is 1. The monoisotopic (exact) mass is 1250 g/mol. The number of likely N-dealkylation sites (N-methyl/N-ethyl adjacent to an activating group) is 7. The zero-order chi connectivity index (χ0) is 68.3. The molecule has 24 heteroatoms. The van der Waals surface area contributed by atoms with Crippen LogP contribution in [0.4, 0.5) is 0 Å². The Labute approximate surface area is 526 Å². The van der Waals surface area contributed by atoms with Crippen molar-refractivity contribution in [2.75, 3.05) is 63.1 Å². The number of nitrogens with one attached hydrogen (secondary N) is 4. The Balaban J connectivity index is 4.42. The molecule has 24 nitrogen and oxygen atoms in total. The van der Waals surface area contributed by atoms with Gasteiger partial charge in [0.15, 0.2) is 0 Å². The van der Waals surface area contributed by atoms with Crippen LogP contribution in [-0.2, 0) is 57.5 Å². The fourth-order valence-corrected chi connectivity index (χ4v) is 11.3. The van der Waals surface area contributed by atoms with E-state index in [2.05, 4.69) is 21.3 Å². The van der Waals surface area contributed by atoms with Gasteiger partial charge in [0, 0.05) is 63.1 Å². The van der Waals surface area contributed by atoms with Crippen molar-refractivity contribution >= 4 is 65.0 Å². The van der Waals surface area contributed by atoms with E-state index in [0.717, 1.165) is 9.80 Å². The maximum Gasteiger partial charge on any atom is 0.246 e. The molecular weight excluding hydrogens is 1130 g/mol. The molecule has 14 atom stereocenters. The topological polar surface area (TPSA) is 288 Å². The van der Waals surface area contributed by atoms with E-state index >= 15 is 9.59 Å². The summed E-state index contributed by atoms with van der Waals surface area (Å²) in [5.74, 6) is -10.4. The molecule has 0 radical (unpaired) electrons. The minimum atomic E-state index is -1.63. The Bertz CT molecular complexity index is 2400. The number of rotatable bonds is 17. The Morgan fingerprint density at radius 3 is 1.39 bits per heavy atom. The molecule has 1 fully saturated rings. The van der Waals surface area contributed by atoms with Crippen LogP contribution >= 0.6 is 0 Å². The van der Waals surface area contributed by atoms with Crippen molar-refractivity contribution in [3.8, 4) is 0 Å². The Morgan fingerprint density at radius 1 is 0.477 bits per heavy atom. The standard InChI is InChI=1S/C64H115N11O13/c1-26-28-29-41(14)53(76)52-57(80)67-45(27-2)60(83)69(18)44(17)59(82)74(23)51(40(13)30-31-88-25)56(79)68-49(38(9)10)63(86)70(19)46(32-35(3)4)55(78)65-42(15)54(77)66-43(16)58(81)71(20)47(33-36(5)6)61(84)72(21)48(34-37(7)8)62(85)73(22)50(39(11)12)64(87)75(52)24/h26,28,35-53,76H,27,29-34H2,1-25H3,(H,65,78)(H,66,77)(H,67,80)(H,68,79)/b28-26+/t40-,41-,42+,43-,44-,45+,46+,47+,48+,49+,50+,51+,52+,53-/m1/s1. The van der Waals surface area contributed by atoms with Gasteiger partial charge in [0.25, 0.3) is 0 Å². The van der Waals surface area contributed by atoms with Gasteiger partial charge in [-0.2, -0.15) is 0 Å². The Kier molecular flexibility index (Phi) is 33.1. The Hall–Kier alpha value is -6.17. The largest absolute Gasteiger partial charge is 0.390 e. The average molecular weight is 1250 g/mol. The van der Waals surface area contributed by atoms with E-state index in [0.29, 0.717) is 12.8 Å². The molecule has 0 spiro atoms. The molecule has 0 unspecified atom stereocenters. The molecule has 88 heavy (non-hydrogen) atoms. The number of aliphatic hydroxyl groups is 1. The highest BCUT2D eigenvalue weighted by atomic mass is 16.5. The molecule has 504 valence electrons. The highest BCUT2D eigenvalue weighted by Gasteiger charge is 2.46. The van der Waals surface area contributed by atoms with Crippen molar-refractivity contribution in [3.05, 3.63) is 12.2 Å². The summed E-state index contributed by atoms with van der Waals surface area (Å²) >= 11 is 0. The van der Waals surface area contributed by atoms with Gasteiger partial charge in [-0.15, -0.1) is 0 Å². The molecule has 5 N–H and O–H groups in total. The quantitative estimate of drug-likeness (QED) is 0.131. The number of carbonyl (C=O) groups is 11. The van der Waals surface area contributed by atoms with Crippen LogP contribution in [0.2, 0.25) is 0 Å².